The molecule has 0 aliphatic rings. The Bertz CT molecular complexity index is 1250. The molecule has 0 saturated heterocycles. The Hall–Kier alpha value is -2.39. The van der Waals surface area contributed by atoms with Crippen molar-refractivity contribution in [3.63, 3.8) is 0 Å². The average Bonchev–Trinajstić information content (AvgIpc) is 3.14. The normalized spacial score (nSPS) is 11.7. The number of hydrogen-bond donors (Lipinski definition) is 1. The van der Waals surface area contributed by atoms with E-state index < -0.39 is 0 Å². The molecular weight excluding hydrogens is 370 g/mol. The second-order valence-electron chi connectivity index (χ2n) is 6.02. The minimum Gasteiger partial charge on any atom is -0.307 e. The summed E-state index contributed by atoms with van der Waals surface area (Å²) in [6.07, 6.45) is 0. The lowest BCUT2D eigenvalue weighted by atomic mass is 10.4. The van der Waals surface area contributed by atoms with Crippen LogP contribution < -0.4 is 11.1 Å². The SMILES string of the molecule is CCn1c(SCc2cc(=O)[nH]c3cc(C)nn23)nc2sc(C)cc2c1=O. The number of thioether (sulfide) groups is 1. The van der Waals surface area contributed by atoms with Crippen molar-refractivity contribution in [2.75, 3.05) is 0 Å². The zero-order valence-corrected chi connectivity index (χ0v) is 16.2. The van der Waals surface area contributed by atoms with Crippen molar-refractivity contribution in [1.82, 2.24) is 24.1 Å². The summed E-state index contributed by atoms with van der Waals surface area (Å²) in [6, 6.07) is 5.26. The van der Waals surface area contributed by atoms with Crippen molar-refractivity contribution in [2.45, 2.75) is 38.2 Å². The molecule has 134 valence electrons. The molecule has 26 heavy (non-hydrogen) atoms. The van der Waals surface area contributed by atoms with Crippen molar-refractivity contribution in [3.05, 3.63) is 55.2 Å². The third-order valence-electron chi connectivity index (χ3n) is 4.06. The van der Waals surface area contributed by atoms with Crippen LogP contribution in [0.4, 0.5) is 0 Å². The molecule has 0 aliphatic carbocycles. The number of fused-ring (bicyclic) bond motifs is 2. The number of nitrogens with one attached hydrogen (secondary N) is 1. The van der Waals surface area contributed by atoms with Crippen LogP contribution in [0.15, 0.2) is 32.9 Å². The fraction of sp³-hybridized carbons (Fsp3) is 0.294. The first-order valence-electron chi connectivity index (χ1n) is 8.18. The molecular formula is C17H17N5O2S2. The number of aromatic nitrogens is 5. The number of rotatable bonds is 4. The molecule has 0 radical (unpaired) electrons. The number of thiophene rings is 1. The fourth-order valence-electron chi connectivity index (χ4n) is 2.93. The highest BCUT2D eigenvalue weighted by molar-refractivity contribution is 7.98. The molecule has 4 heterocycles. The first-order valence-corrected chi connectivity index (χ1v) is 9.99. The van der Waals surface area contributed by atoms with Gasteiger partial charge in [-0.25, -0.2) is 9.50 Å². The van der Waals surface area contributed by atoms with E-state index in [1.807, 2.05) is 32.9 Å². The van der Waals surface area contributed by atoms with E-state index in [1.165, 1.54) is 29.2 Å². The van der Waals surface area contributed by atoms with Gasteiger partial charge >= 0.3 is 0 Å². The summed E-state index contributed by atoms with van der Waals surface area (Å²) >= 11 is 2.96. The number of aromatic amines is 1. The van der Waals surface area contributed by atoms with Crippen molar-refractivity contribution in [1.29, 1.82) is 0 Å². The van der Waals surface area contributed by atoms with Crippen molar-refractivity contribution >= 4 is 39.0 Å². The summed E-state index contributed by atoms with van der Waals surface area (Å²) < 4.78 is 3.41. The molecule has 4 aromatic rings. The monoisotopic (exact) mass is 387 g/mol. The molecule has 0 bridgehead atoms. The Morgan fingerprint density at radius 3 is 2.81 bits per heavy atom. The van der Waals surface area contributed by atoms with Gasteiger partial charge in [-0.3, -0.25) is 14.2 Å². The van der Waals surface area contributed by atoms with Crippen LogP contribution in [-0.2, 0) is 12.3 Å². The van der Waals surface area contributed by atoms with E-state index in [0.717, 1.165) is 21.1 Å². The lowest BCUT2D eigenvalue weighted by Crippen LogP contribution is -2.22. The molecule has 4 rings (SSSR count). The smallest absolute Gasteiger partial charge is 0.262 e. The van der Waals surface area contributed by atoms with Crippen LogP contribution in [0, 0.1) is 13.8 Å². The van der Waals surface area contributed by atoms with Crippen molar-refractivity contribution in [3.8, 4) is 0 Å². The van der Waals surface area contributed by atoms with Gasteiger partial charge in [-0.1, -0.05) is 11.8 Å². The second kappa shape index (κ2) is 6.40. The molecule has 0 spiro atoms. The van der Waals surface area contributed by atoms with Gasteiger partial charge in [-0.05, 0) is 26.8 Å². The van der Waals surface area contributed by atoms with Crippen LogP contribution in [0.5, 0.6) is 0 Å². The maximum atomic E-state index is 12.7. The quantitative estimate of drug-likeness (QED) is 0.430. The van der Waals surface area contributed by atoms with Crippen LogP contribution >= 0.6 is 23.1 Å². The number of hydrogen-bond acceptors (Lipinski definition) is 6. The Balaban J connectivity index is 1.77. The van der Waals surface area contributed by atoms with Crippen LogP contribution in [0.2, 0.25) is 0 Å². The molecule has 0 saturated carbocycles. The topological polar surface area (TPSA) is 85.1 Å². The first-order chi connectivity index (χ1) is 12.5. The standard InChI is InChI=1S/C17H17N5O2S2/c1-4-21-16(24)12-6-10(3)26-15(12)19-17(21)25-8-11-7-14(23)18-13-5-9(2)20-22(11)13/h5-7H,4,8H2,1-3H3,(H,18,23). The van der Waals surface area contributed by atoms with E-state index in [1.54, 1.807) is 9.08 Å². The van der Waals surface area contributed by atoms with Gasteiger partial charge in [0.25, 0.3) is 11.1 Å². The Labute approximate surface area is 156 Å². The summed E-state index contributed by atoms with van der Waals surface area (Å²) in [7, 11) is 0. The molecule has 0 unspecified atom stereocenters. The number of nitrogens with zero attached hydrogens (tertiary/aromatic N) is 4. The lowest BCUT2D eigenvalue weighted by Gasteiger charge is -2.10. The Morgan fingerprint density at radius 1 is 1.23 bits per heavy atom. The zero-order valence-electron chi connectivity index (χ0n) is 14.6. The Morgan fingerprint density at radius 2 is 2.04 bits per heavy atom. The molecule has 0 aromatic carbocycles. The molecule has 0 atom stereocenters. The predicted octanol–water partition coefficient (Wildman–Crippen LogP) is 2.72. The largest absolute Gasteiger partial charge is 0.307 e. The summed E-state index contributed by atoms with van der Waals surface area (Å²) in [6.45, 7) is 6.33. The maximum Gasteiger partial charge on any atom is 0.262 e. The minimum absolute atomic E-state index is 0.0182. The summed E-state index contributed by atoms with van der Waals surface area (Å²) in [5, 5.41) is 5.75. The van der Waals surface area contributed by atoms with Gasteiger partial charge < -0.3 is 4.98 Å². The van der Waals surface area contributed by atoms with Crippen molar-refractivity contribution in [2.24, 2.45) is 0 Å². The highest BCUT2D eigenvalue weighted by Crippen LogP contribution is 2.26. The maximum absolute atomic E-state index is 12.7. The lowest BCUT2D eigenvalue weighted by molar-refractivity contribution is 0.635. The second-order valence-corrected chi connectivity index (χ2v) is 8.19. The van der Waals surface area contributed by atoms with Crippen LogP contribution in [-0.4, -0.2) is 24.1 Å². The van der Waals surface area contributed by atoms with Gasteiger partial charge in [-0.15, -0.1) is 11.3 Å². The van der Waals surface area contributed by atoms with Crippen molar-refractivity contribution < 1.29 is 0 Å². The van der Waals surface area contributed by atoms with Gasteiger partial charge in [-0.2, -0.15) is 5.10 Å². The van der Waals surface area contributed by atoms with E-state index in [2.05, 4.69) is 15.1 Å². The predicted molar refractivity (Wildman–Crippen MR) is 104 cm³/mol. The minimum atomic E-state index is -0.168. The molecule has 4 aromatic heterocycles. The molecule has 7 nitrogen and oxygen atoms in total. The van der Waals surface area contributed by atoms with Gasteiger partial charge in [0, 0.05) is 29.3 Å². The van der Waals surface area contributed by atoms with Gasteiger partial charge in [0.15, 0.2) is 5.16 Å². The molecule has 9 heteroatoms. The number of H-pyrrole nitrogens is 1. The number of aryl methyl sites for hydroxylation is 2. The third kappa shape index (κ3) is 2.86. The molecule has 1 N–H and O–H groups in total. The van der Waals surface area contributed by atoms with Crippen LogP contribution in [0.1, 0.15) is 23.2 Å². The van der Waals surface area contributed by atoms with Crippen LogP contribution in [0.25, 0.3) is 15.9 Å². The summed E-state index contributed by atoms with van der Waals surface area (Å²) in [4.78, 5) is 33.9. The summed E-state index contributed by atoms with van der Waals surface area (Å²) in [5.41, 5.74) is 2.07. The zero-order chi connectivity index (χ0) is 18.4. The van der Waals surface area contributed by atoms with E-state index in [0.29, 0.717) is 28.5 Å². The van der Waals surface area contributed by atoms with Crippen LogP contribution in [0.3, 0.4) is 0 Å². The van der Waals surface area contributed by atoms with Gasteiger partial charge in [0.1, 0.15) is 10.5 Å². The Kier molecular flexibility index (Phi) is 4.20. The van der Waals surface area contributed by atoms with Gasteiger partial charge in [0.05, 0.1) is 16.8 Å². The highest BCUT2D eigenvalue weighted by atomic mass is 32.2. The van der Waals surface area contributed by atoms with E-state index >= 15 is 0 Å². The summed E-state index contributed by atoms with van der Waals surface area (Å²) in [5.74, 6) is 0.490. The molecule has 0 amide bonds. The van der Waals surface area contributed by atoms with Gasteiger partial charge in [0.2, 0.25) is 0 Å². The van der Waals surface area contributed by atoms with E-state index in [-0.39, 0.29) is 11.1 Å². The average molecular weight is 387 g/mol. The third-order valence-corrected chi connectivity index (χ3v) is 6.01. The highest BCUT2D eigenvalue weighted by Gasteiger charge is 2.14. The van der Waals surface area contributed by atoms with E-state index in [9.17, 15) is 9.59 Å². The van der Waals surface area contributed by atoms with E-state index in [4.69, 9.17) is 0 Å². The molecule has 0 fully saturated rings. The fourth-order valence-corrected chi connectivity index (χ4v) is 4.86. The molecule has 0 aliphatic heterocycles. The first kappa shape index (κ1) is 17.0.